The molecule has 0 aliphatic heterocycles. The zero-order chi connectivity index (χ0) is 16.2. The summed E-state index contributed by atoms with van der Waals surface area (Å²) < 4.78 is 32.4. The van der Waals surface area contributed by atoms with Crippen molar-refractivity contribution in [3.63, 3.8) is 0 Å². The van der Waals surface area contributed by atoms with Crippen LogP contribution in [-0.2, 0) is 14.8 Å². The molecule has 0 saturated carbocycles. The summed E-state index contributed by atoms with van der Waals surface area (Å²) in [6, 6.07) is 4.02. The second kappa shape index (κ2) is 7.24. The fraction of sp³-hybridized carbons (Fsp3) is 0.462. The number of carboxylic acid groups (broad SMARTS) is 1. The Hall–Kier alpha value is -1.12. The van der Waals surface area contributed by atoms with Crippen molar-refractivity contribution in [3.05, 3.63) is 22.7 Å². The predicted octanol–water partition coefficient (Wildman–Crippen LogP) is 2.33. The minimum absolute atomic E-state index is 0.0125. The van der Waals surface area contributed by atoms with Crippen molar-refractivity contribution < 1.29 is 23.1 Å². The molecule has 1 aromatic carbocycles. The fourth-order valence-corrected chi connectivity index (χ4v) is 4.39. The van der Waals surface area contributed by atoms with Crippen LogP contribution in [-0.4, -0.2) is 43.5 Å². The number of benzene rings is 1. The quantitative estimate of drug-likeness (QED) is 0.785. The first-order valence-electron chi connectivity index (χ1n) is 6.31. The highest BCUT2D eigenvalue weighted by molar-refractivity contribution is 9.10. The molecule has 21 heavy (non-hydrogen) atoms. The number of halogens is 1. The van der Waals surface area contributed by atoms with Gasteiger partial charge in [-0.1, -0.05) is 22.9 Å². The summed E-state index contributed by atoms with van der Waals surface area (Å²) in [6.07, 6.45) is -0.261. The molecular formula is C13H18BrNO5S. The number of ether oxygens (including phenoxy) is 1. The van der Waals surface area contributed by atoms with Crippen LogP contribution in [0.5, 0.6) is 5.75 Å². The van der Waals surface area contributed by atoms with Gasteiger partial charge < -0.3 is 9.84 Å². The molecule has 0 heterocycles. The smallest absolute Gasteiger partial charge is 0.304 e. The van der Waals surface area contributed by atoms with Gasteiger partial charge >= 0.3 is 5.97 Å². The molecule has 0 fully saturated rings. The van der Waals surface area contributed by atoms with Gasteiger partial charge in [0.05, 0.1) is 13.5 Å². The average molecular weight is 380 g/mol. The lowest BCUT2D eigenvalue weighted by molar-refractivity contribution is -0.137. The molecule has 8 heteroatoms. The van der Waals surface area contributed by atoms with Crippen LogP contribution in [0.2, 0.25) is 0 Å². The molecule has 0 spiro atoms. The van der Waals surface area contributed by atoms with Gasteiger partial charge in [-0.25, -0.2) is 8.42 Å². The fourth-order valence-electron chi connectivity index (χ4n) is 2.05. The third-order valence-electron chi connectivity index (χ3n) is 2.99. The van der Waals surface area contributed by atoms with Crippen molar-refractivity contribution in [1.29, 1.82) is 0 Å². The van der Waals surface area contributed by atoms with Crippen LogP contribution in [0.4, 0.5) is 0 Å². The number of sulfonamides is 1. The maximum atomic E-state index is 12.8. The van der Waals surface area contributed by atoms with E-state index in [9.17, 15) is 13.2 Å². The summed E-state index contributed by atoms with van der Waals surface area (Å²) in [6.45, 7) is 3.41. The Balaban J connectivity index is 3.30. The lowest BCUT2D eigenvalue weighted by Gasteiger charge is -2.26. The van der Waals surface area contributed by atoms with Crippen molar-refractivity contribution in [3.8, 4) is 5.75 Å². The zero-order valence-corrected chi connectivity index (χ0v) is 14.4. The van der Waals surface area contributed by atoms with Crippen molar-refractivity contribution in [2.75, 3.05) is 13.7 Å². The average Bonchev–Trinajstić information content (AvgIpc) is 2.38. The number of hydrogen-bond donors (Lipinski definition) is 1. The molecule has 0 radical (unpaired) electrons. The number of carbonyl (C=O) groups is 1. The summed E-state index contributed by atoms with van der Waals surface area (Å²) in [5, 5.41) is 8.86. The minimum Gasteiger partial charge on any atom is -0.495 e. The highest BCUT2D eigenvalue weighted by atomic mass is 79.9. The molecule has 6 nitrogen and oxygen atoms in total. The molecule has 1 unspecified atom stereocenters. The number of aliphatic carboxylic acids is 1. The van der Waals surface area contributed by atoms with Crippen LogP contribution in [0, 0.1) is 0 Å². The van der Waals surface area contributed by atoms with Crippen LogP contribution in [0.1, 0.15) is 20.3 Å². The van der Waals surface area contributed by atoms with Gasteiger partial charge in [0.15, 0.2) is 0 Å². The maximum absolute atomic E-state index is 12.8. The lowest BCUT2D eigenvalue weighted by Crippen LogP contribution is -2.39. The van der Waals surface area contributed by atoms with E-state index in [1.807, 2.05) is 0 Å². The van der Waals surface area contributed by atoms with Gasteiger partial charge in [0.1, 0.15) is 10.6 Å². The molecule has 0 aliphatic carbocycles. The Morgan fingerprint density at radius 2 is 2.10 bits per heavy atom. The molecular weight excluding hydrogens is 362 g/mol. The van der Waals surface area contributed by atoms with E-state index < -0.39 is 22.0 Å². The van der Waals surface area contributed by atoms with Gasteiger partial charge in [0.2, 0.25) is 10.0 Å². The van der Waals surface area contributed by atoms with Crippen LogP contribution in [0.25, 0.3) is 0 Å². The summed E-state index contributed by atoms with van der Waals surface area (Å²) in [5.74, 6) is -0.823. The van der Waals surface area contributed by atoms with Gasteiger partial charge in [-0.05, 0) is 25.1 Å². The first-order valence-corrected chi connectivity index (χ1v) is 8.54. The van der Waals surface area contributed by atoms with Crippen molar-refractivity contribution in [2.45, 2.75) is 31.2 Å². The highest BCUT2D eigenvalue weighted by Gasteiger charge is 2.31. The predicted molar refractivity (Wildman–Crippen MR) is 82.0 cm³/mol. The van der Waals surface area contributed by atoms with Gasteiger partial charge in [-0.2, -0.15) is 4.31 Å². The summed E-state index contributed by atoms with van der Waals surface area (Å²) in [4.78, 5) is 10.8. The van der Waals surface area contributed by atoms with Gasteiger partial charge in [-0.15, -0.1) is 0 Å². The molecule has 1 atom stereocenters. The van der Waals surface area contributed by atoms with Gasteiger partial charge in [0, 0.05) is 17.1 Å². The normalized spacial score (nSPS) is 13.2. The van der Waals surface area contributed by atoms with Crippen LogP contribution < -0.4 is 4.74 Å². The molecule has 0 saturated heterocycles. The second-order valence-electron chi connectivity index (χ2n) is 4.45. The number of methoxy groups -OCH3 is 1. The Kier molecular flexibility index (Phi) is 6.18. The monoisotopic (exact) mass is 379 g/mol. The molecule has 0 aliphatic rings. The number of hydrogen-bond acceptors (Lipinski definition) is 4. The molecule has 0 bridgehead atoms. The molecule has 1 N–H and O–H groups in total. The van der Waals surface area contributed by atoms with E-state index in [0.717, 1.165) is 4.31 Å². The number of carboxylic acids is 1. The Morgan fingerprint density at radius 3 is 2.57 bits per heavy atom. The molecule has 1 rings (SSSR count). The third kappa shape index (κ3) is 4.18. The first-order chi connectivity index (χ1) is 9.73. The maximum Gasteiger partial charge on any atom is 0.304 e. The number of rotatable bonds is 7. The van der Waals surface area contributed by atoms with E-state index in [0.29, 0.717) is 4.47 Å². The molecule has 1 aromatic rings. The Morgan fingerprint density at radius 1 is 1.48 bits per heavy atom. The lowest BCUT2D eigenvalue weighted by atomic mass is 10.2. The summed E-state index contributed by atoms with van der Waals surface area (Å²) >= 11 is 3.23. The van der Waals surface area contributed by atoms with E-state index in [2.05, 4.69) is 15.9 Å². The minimum atomic E-state index is -3.85. The van der Waals surface area contributed by atoms with E-state index in [1.165, 1.54) is 13.2 Å². The van der Waals surface area contributed by atoms with Crippen LogP contribution in [0.15, 0.2) is 27.6 Å². The Bertz CT molecular complexity index is 617. The second-order valence-corrected chi connectivity index (χ2v) is 7.23. The Labute approximate surface area is 132 Å². The molecule has 118 valence electrons. The largest absolute Gasteiger partial charge is 0.495 e. The summed E-state index contributed by atoms with van der Waals surface area (Å²) in [5.41, 5.74) is 0. The SMILES string of the molecule is CCN(C(C)CC(=O)O)S(=O)(=O)c1cc(Br)ccc1OC. The highest BCUT2D eigenvalue weighted by Crippen LogP contribution is 2.30. The van der Waals surface area contributed by atoms with E-state index >= 15 is 0 Å². The standard InChI is InChI=1S/C13H18BrNO5S/c1-4-15(9(2)7-13(16)17)21(18,19)12-8-10(14)5-6-11(12)20-3/h5-6,8-9H,4,7H2,1-3H3,(H,16,17). The van der Waals surface area contributed by atoms with E-state index in [1.54, 1.807) is 26.0 Å². The third-order valence-corrected chi connectivity index (χ3v) is 5.59. The molecule has 0 amide bonds. The molecule has 0 aromatic heterocycles. The van der Waals surface area contributed by atoms with Gasteiger partial charge in [-0.3, -0.25) is 4.79 Å². The topological polar surface area (TPSA) is 83.9 Å². The number of nitrogens with zero attached hydrogens (tertiary/aromatic N) is 1. The zero-order valence-electron chi connectivity index (χ0n) is 12.0. The van der Waals surface area contributed by atoms with E-state index in [-0.39, 0.29) is 23.6 Å². The summed E-state index contributed by atoms with van der Waals surface area (Å²) in [7, 11) is -2.46. The van der Waals surface area contributed by atoms with Gasteiger partial charge in [0.25, 0.3) is 0 Å². The van der Waals surface area contributed by atoms with Crippen molar-refractivity contribution in [1.82, 2.24) is 4.31 Å². The first kappa shape index (κ1) is 17.9. The van der Waals surface area contributed by atoms with Crippen molar-refractivity contribution >= 4 is 31.9 Å². The van der Waals surface area contributed by atoms with E-state index in [4.69, 9.17) is 9.84 Å². The van der Waals surface area contributed by atoms with Crippen LogP contribution >= 0.6 is 15.9 Å². The van der Waals surface area contributed by atoms with Crippen molar-refractivity contribution in [2.24, 2.45) is 0 Å². The van der Waals surface area contributed by atoms with Crippen LogP contribution in [0.3, 0.4) is 0 Å².